The van der Waals surface area contributed by atoms with E-state index in [0.717, 1.165) is 72.1 Å². The Hall–Kier alpha value is -6.80. The van der Waals surface area contributed by atoms with Crippen molar-refractivity contribution in [2.75, 3.05) is 0 Å². The number of aromatic nitrogens is 6. The summed E-state index contributed by atoms with van der Waals surface area (Å²) in [5, 5.41) is 13.9. The van der Waals surface area contributed by atoms with Crippen LogP contribution in [0.1, 0.15) is 56.2 Å². The summed E-state index contributed by atoms with van der Waals surface area (Å²) in [5.74, 6) is 2.25. The van der Waals surface area contributed by atoms with E-state index in [4.69, 9.17) is 9.72 Å². The summed E-state index contributed by atoms with van der Waals surface area (Å²) in [5.41, 5.74) is 9.20. The van der Waals surface area contributed by atoms with Crippen molar-refractivity contribution in [2.45, 2.75) is 46.5 Å². The zero-order chi connectivity index (χ0) is 38.2. The van der Waals surface area contributed by atoms with Gasteiger partial charge in [-0.25, -0.2) is 9.37 Å². The van der Waals surface area contributed by atoms with E-state index >= 15 is 4.39 Å². The van der Waals surface area contributed by atoms with Crippen LogP contribution in [0.5, 0.6) is 11.5 Å². The first kappa shape index (κ1) is 33.7. The van der Waals surface area contributed by atoms with Gasteiger partial charge in [0.1, 0.15) is 5.75 Å². The third-order valence-electron chi connectivity index (χ3n) is 11.1. The highest BCUT2D eigenvalue weighted by Crippen LogP contribution is 2.40. The van der Waals surface area contributed by atoms with Crippen LogP contribution in [-0.2, 0) is 0 Å². The molecule has 0 spiro atoms. The summed E-state index contributed by atoms with van der Waals surface area (Å²) in [6, 6.07) is 40.3. The van der Waals surface area contributed by atoms with Gasteiger partial charge in [0.25, 0.3) is 0 Å². The molecule has 0 saturated carbocycles. The monoisotopic (exact) mass is 734 g/mol. The van der Waals surface area contributed by atoms with Gasteiger partial charge in [-0.05, 0) is 77.2 Å². The molecule has 0 bridgehead atoms. The summed E-state index contributed by atoms with van der Waals surface area (Å²) in [6.07, 6.45) is 3.91. The molecular formula is C48H39FN6O. The minimum absolute atomic E-state index is 0.103. The van der Waals surface area contributed by atoms with Crippen LogP contribution in [0.2, 0.25) is 0 Å². The second kappa shape index (κ2) is 12.9. The van der Waals surface area contributed by atoms with E-state index in [1.54, 1.807) is 12.1 Å². The van der Waals surface area contributed by atoms with E-state index in [1.165, 1.54) is 11.1 Å². The Morgan fingerprint density at radius 3 is 2.05 bits per heavy atom. The highest BCUT2D eigenvalue weighted by atomic mass is 19.1. The first-order chi connectivity index (χ1) is 27.3. The fraction of sp³-hybridized carbons (Fsp3) is 0.146. The average molecular weight is 735 g/mol. The van der Waals surface area contributed by atoms with Gasteiger partial charge in [0.05, 0.1) is 22.2 Å². The van der Waals surface area contributed by atoms with Crippen molar-refractivity contribution in [3.8, 4) is 34.5 Å². The van der Waals surface area contributed by atoms with Crippen LogP contribution in [0, 0.1) is 12.7 Å². The van der Waals surface area contributed by atoms with Crippen molar-refractivity contribution in [1.82, 2.24) is 28.7 Å². The SMILES string of the molecule is Cc1ccccc1-c1nnc2c3cc(Oc4ccc5c6ccccc6n(-c6nccn6-c6c(C(C)C)cccc6C(C)C)c5c4)c(F)cc3c3ccccc3n12. The number of nitrogens with zero attached hydrogens (tertiary/aromatic N) is 6. The number of rotatable bonds is 7. The lowest BCUT2D eigenvalue weighted by Gasteiger charge is -2.22. The lowest BCUT2D eigenvalue weighted by Crippen LogP contribution is -2.11. The smallest absolute Gasteiger partial charge is 0.219 e. The lowest BCUT2D eigenvalue weighted by atomic mass is 9.92. The Bertz CT molecular complexity index is 3140. The minimum atomic E-state index is -0.465. The van der Waals surface area contributed by atoms with Crippen molar-refractivity contribution >= 4 is 49.1 Å². The van der Waals surface area contributed by atoms with Gasteiger partial charge in [-0.3, -0.25) is 13.5 Å². The molecule has 0 radical (unpaired) electrons. The van der Waals surface area contributed by atoms with Crippen LogP contribution in [-0.4, -0.2) is 28.7 Å². The number of hydrogen-bond acceptors (Lipinski definition) is 4. The molecule has 0 fully saturated rings. The van der Waals surface area contributed by atoms with Gasteiger partial charge >= 0.3 is 0 Å². The number of ether oxygens (including phenoxy) is 1. The van der Waals surface area contributed by atoms with E-state index in [0.29, 0.717) is 23.2 Å². The predicted molar refractivity (Wildman–Crippen MR) is 224 cm³/mol. The van der Waals surface area contributed by atoms with E-state index < -0.39 is 5.82 Å². The molecule has 0 saturated heterocycles. The molecule has 4 heterocycles. The number of pyridine rings is 1. The average Bonchev–Trinajstić information content (AvgIpc) is 3.94. The molecule has 7 nitrogen and oxygen atoms in total. The number of halogens is 1. The molecule has 0 aliphatic heterocycles. The van der Waals surface area contributed by atoms with E-state index in [9.17, 15) is 0 Å². The van der Waals surface area contributed by atoms with Crippen LogP contribution in [0.3, 0.4) is 0 Å². The number of hydrogen-bond donors (Lipinski definition) is 0. The van der Waals surface area contributed by atoms with Gasteiger partial charge in [-0.1, -0.05) is 107 Å². The molecule has 8 heteroatoms. The molecule has 4 aromatic heterocycles. The third-order valence-corrected chi connectivity index (χ3v) is 11.1. The maximum atomic E-state index is 16.3. The van der Waals surface area contributed by atoms with Crippen LogP contribution in [0.15, 0.2) is 134 Å². The molecule has 56 heavy (non-hydrogen) atoms. The van der Waals surface area contributed by atoms with Crippen molar-refractivity contribution < 1.29 is 9.13 Å². The summed E-state index contributed by atoms with van der Waals surface area (Å²) in [7, 11) is 0. The number of benzene rings is 6. The van der Waals surface area contributed by atoms with Gasteiger partial charge in [-0.2, -0.15) is 0 Å². The number of fused-ring (bicyclic) bond motifs is 9. The van der Waals surface area contributed by atoms with Gasteiger partial charge in [0.2, 0.25) is 5.95 Å². The lowest BCUT2D eigenvalue weighted by molar-refractivity contribution is 0.444. The Kier molecular flexibility index (Phi) is 7.78. The van der Waals surface area contributed by atoms with Crippen LogP contribution in [0.25, 0.3) is 72.2 Å². The maximum Gasteiger partial charge on any atom is 0.219 e. The van der Waals surface area contributed by atoms with Gasteiger partial charge < -0.3 is 4.74 Å². The summed E-state index contributed by atoms with van der Waals surface area (Å²) >= 11 is 0. The summed E-state index contributed by atoms with van der Waals surface area (Å²) in [4.78, 5) is 4.99. The first-order valence-electron chi connectivity index (χ1n) is 19.1. The molecule has 0 unspecified atom stereocenters. The summed E-state index contributed by atoms with van der Waals surface area (Å²) < 4.78 is 29.3. The quantitative estimate of drug-likeness (QED) is 0.153. The fourth-order valence-electron chi connectivity index (χ4n) is 8.40. The Labute approximate surface area is 323 Å². The number of para-hydroxylation sites is 3. The molecule has 0 amide bonds. The maximum absolute atomic E-state index is 16.3. The van der Waals surface area contributed by atoms with Crippen molar-refractivity contribution in [3.63, 3.8) is 0 Å². The second-order valence-electron chi connectivity index (χ2n) is 15.2. The van der Waals surface area contributed by atoms with E-state index in [1.807, 2.05) is 67.0 Å². The Morgan fingerprint density at radius 2 is 1.30 bits per heavy atom. The molecule has 6 aromatic carbocycles. The first-order valence-corrected chi connectivity index (χ1v) is 19.1. The normalized spacial score (nSPS) is 12.1. The largest absolute Gasteiger partial charge is 0.454 e. The summed E-state index contributed by atoms with van der Waals surface area (Å²) in [6.45, 7) is 11.0. The highest BCUT2D eigenvalue weighted by Gasteiger charge is 2.23. The third kappa shape index (κ3) is 5.13. The predicted octanol–water partition coefficient (Wildman–Crippen LogP) is 12.5. The van der Waals surface area contributed by atoms with Gasteiger partial charge in [0.15, 0.2) is 23.0 Å². The molecule has 10 rings (SSSR count). The number of aryl methyl sites for hydroxylation is 1. The highest BCUT2D eigenvalue weighted by molar-refractivity contribution is 6.13. The van der Waals surface area contributed by atoms with Crippen molar-refractivity contribution in [3.05, 3.63) is 156 Å². The Balaban J connectivity index is 1.15. The topological polar surface area (TPSA) is 62.2 Å². The van der Waals surface area contributed by atoms with Gasteiger partial charge in [-0.15, -0.1) is 10.2 Å². The second-order valence-corrected chi connectivity index (χ2v) is 15.2. The van der Waals surface area contributed by atoms with Crippen molar-refractivity contribution in [1.29, 1.82) is 0 Å². The van der Waals surface area contributed by atoms with Crippen molar-refractivity contribution in [2.24, 2.45) is 0 Å². The molecule has 0 aliphatic carbocycles. The van der Waals surface area contributed by atoms with Gasteiger partial charge in [0, 0.05) is 45.6 Å². The molecule has 0 atom stereocenters. The standard InChI is InChI=1S/C48H39FN6O/c1-28(2)32-17-12-18-33(29(3)4)45(32)53-24-23-50-48(53)54-41-19-10-8-15-35(41)37-22-21-31(25-43(37)54)56-44-27-39-38(26-40(44)49)36-16-9-11-20-42(36)55-46(51-52-47(39)55)34-14-7-6-13-30(34)5/h6-29H,1-5H3. The zero-order valence-electron chi connectivity index (χ0n) is 31.8. The van der Waals surface area contributed by atoms with E-state index in [-0.39, 0.29) is 5.75 Å². The van der Waals surface area contributed by atoms with Crippen LogP contribution in [0.4, 0.5) is 4.39 Å². The van der Waals surface area contributed by atoms with E-state index in [2.05, 4.69) is 113 Å². The Morgan fingerprint density at radius 1 is 0.625 bits per heavy atom. The minimum Gasteiger partial charge on any atom is -0.454 e. The molecule has 0 aliphatic rings. The molecule has 10 aromatic rings. The number of imidazole rings is 1. The van der Waals surface area contributed by atoms with Crippen LogP contribution >= 0.6 is 0 Å². The fourth-order valence-corrected chi connectivity index (χ4v) is 8.40. The van der Waals surface area contributed by atoms with Crippen LogP contribution < -0.4 is 4.74 Å². The molecular weight excluding hydrogens is 696 g/mol. The molecule has 0 N–H and O–H groups in total. The zero-order valence-corrected chi connectivity index (χ0v) is 31.8. The molecule has 274 valence electrons.